The Balaban J connectivity index is 3.03. The van der Waals surface area contributed by atoms with Crippen molar-refractivity contribution in [3.05, 3.63) is 34.0 Å². The van der Waals surface area contributed by atoms with Gasteiger partial charge in [0.1, 0.15) is 5.82 Å². The maximum absolute atomic E-state index is 11.6. The van der Waals surface area contributed by atoms with Crippen molar-refractivity contribution in [2.24, 2.45) is 0 Å². The van der Waals surface area contributed by atoms with E-state index in [4.69, 9.17) is 10.5 Å². The summed E-state index contributed by atoms with van der Waals surface area (Å²) in [5, 5.41) is -0.112. The summed E-state index contributed by atoms with van der Waals surface area (Å²) < 4.78 is 4.93. The quantitative estimate of drug-likeness (QED) is 0.557. The standard InChI is InChI=1S/C17H23N3O4S/c1-11-5-6-15(17(18)19-11)9-20(10-21)12(2)16(25-14(4)23)7-8-24-13(3)22/h5-6,10H,7-9H2,1-4H3,(H2,18,19)/b16-12-. The second-order valence-electron chi connectivity index (χ2n) is 5.42. The van der Waals surface area contributed by atoms with Crippen LogP contribution < -0.4 is 5.73 Å². The van der Waals surface area contributed by atoms with Crippen molar-refractivity contribution < 1.29 is 19.1 Å². The van der Waals surface area contributed by atoms with Gasteiger partial charge in [-0.05, 0) is 19.9 Å². The monoisotopic (exact) mass is 365 g/mol. The van der Waals surface area contributed by atoms with Gasteiger partial charge >= 0.3 is 5.97 Å². The van der Waals surface area contributed by atoms with E-state index in [0.717, 1.165) is 17.5 Å². The maximum Gasteiger partial charge on any atom is 0.302 e. The number of aryl methyl sites for hydroxylation is 1. The predicted molar refractivity (Wildman–Crippen MR) is 97.2 cm³/mol. The van der Waals surface area contributed by atoms with Crippen molar-refractivity contribution in [3.63, 3.8) is 0 Å². The van der Waals surface area contributed by atoms with Gasteiger partial charge in [0.15, 0.2) is 5.12 Å². The molecule has 1 aromatic heterocycles. The third-order valence-corrected chi connectivity index (χ3v) is 4.39. The molecule has 1 amide bonds. The number of rotatable bonds is 8. The van der Waals surface area contributed by atoms with Gasteiger partial charge in [-0.15, -0.1) is 0 Å². The molecular formula is C17H23N3O4S. The van der Waals surface area contributed by atoms with Gasteiger partial charge in [0, 0.05) is 42.1 Å². The van der Waals surface area contributed by atoms with Gasteiger partial charge in [0.2, 0.25) is 6.41 Å². The Hall–Kier alpha value is -2.35. The molecule has 1 heterocycles. The highest BCUT2D eigenvalue weighted by Crippen LogP contribution is 2.27. The number of hydrogen-bond acceptors (Lipinski definition) is 7. The molecule has 1 rings (SSSR count). The maximum atomic E-state index is 11.6. The number of thioether (sulfide) groups is 1. The first-order valence-corrected chi connectivity index (χ1v) is 8.51. The topological polar surface area (TPSA) is 103 Å². The molecule has 0 saturated heterocycles. The molecule has 0 aliphatic carbocycles. The van der Waals surface area contributed by atoms with Crippen LogP contribution in [0.1, 0.15) is 38.4 Å². The van der Waals surface area contributed by atoms with Crippen molar-refractivity contribution in [3.8, 4) is 0 Å². The summed E-state index contributed by atoms with van der Waals surface area (Å²) in [6.07, 6.45) is 1.03. The number of aromatic nitrogens is 1. The van der Waals surface area contributed by atoms with E-state index in [-0.39, 0.29) is 18.3 Å². The van der Waals surface area contributed by atoms with E-state index in [1.54, 1.807) is 6.92 Å². The number of hydrogen-bond donors (Lipinski definition) is 1. The molecule has 2 N–H and O–H groups in total. The Bertz CT molecular complexity index is 688. The third-order valence-electron chi connectivity index (χ3n) is 3.36. The number of nitrogens with zero attached hydrogens (tertiary/aromatic N) is 2. The molecule has 1 aromatic rings. The largest absolute Gasteiger partial charge is 0.466 e. The molecular weight excluding hydrogens is 342 g/mol. The van der Waals surface area contributed by atoms with Gasteiger partial charge in [0.05, 0.1) is 13.2 Å². The van der Waals surface area contributed by atoms with Crippen molar-refractivity contribution in [1.29, 1.82) is 0 Å². The molecule has 0 aliphatic rings. The van der Waals surface area contributed by atoms with E-state index in [2.05, 4.69) is 4.98 Å². The number of allylic oxidation sites excluding steroid dienone is 1. The summed E-state index contributed by atoms with van der Waals surface area (Å²) >= 11 is 1.02. The molecule has 0 unspecified atom stereocenters. The van der Waals surface area contributed by atoms with Gasteiger partial charge < -0.3 is 15.4 Å². The number of nitrogen functional groups attached to an aromatic ring is 1. The second kappa shape index (κ2) is 9.83. The average molecular weight is 365 g/mol. The van der Waals surface area contributed by atoms with Crippen LogP contribution in [0, 0.1) is 6.92 Å². The Labute approximate surface area is 151 Å². The SMILES string of the molecule is CC(=O)OCC/C(SC(C)=O)=C(\C)N(C=O)Cc1ccc(C)nc1N. The number of ether oxygens (including phenoxy) is 1. The number of amides is 1. The minimum atomic E-state index is -0.393. The molecule has 0 spiro atoms. The van der Waals surface area contributed by atoms with Crippen LogP contribution in [0.2, 0.25) is 0 Å². The van der Waals surface area contributed by atoms with E-state index in [9.17, 15) is 14.4 Å². The van der Waals surface area contributed by atoms with Crippen LogP contribution in [-0.2, 0) is 25.7 Å². The molecule has 8 heteroatoms. The summed E-state index contributed by atoms with van der Waals surface area (Å²) in [6.45, 7) is 6.72. The Morgan fingerprint density at radius 2 is 2.00 bits per heavy atom. The molecule has 0 bridgehead atoms. The molecule has 0 saturated carbocycles. The fraction of sp³-hybridized carbons (Fsp3) is 0.412. The van der Waals surface area contributed by atoms with Crippen molar-refractivity contribution >= 4 is 35.1 Å². The third kappa shape index (κ3) is 6.96. The normalized spacial score (nSPS) is 11.5. The zero-order valence-electron chi connectivity index (χ0n) is 14.9. The predicted octanol–water partition coefficient (Wildman–Crippen LogP) is 2.40. The zero-order valence-corrected chi connectivity index (χ0v) is 15.7. The van der Waals surface area contributed by atoms with Gasteiger partial charge in [0.25, 0.3) is 0 Å². The first-order valence-electron chi connectivity index (χ1n) is 7.70. The smallest absolute Gasteiger partial charge is 0.302 e. The lowest BCUT2D eigenvalue weighted by Gasteiger charge is -2.22. The lowest BCUT2D eigenvalue weighted by Crippen LogP contribution is -2.22. The van der Waals surface area contributed by atoms with Crippen LogP contribution in [-0.4, -0.2) is 34.0 Å². The molecule has 25 heavy (non-hydrogen) atoms. The lowest BCUT2D eigenvalue weighted by molar-refractivity contribution is -0.140. The molecule has 0 atom stereocenters. The van der Waals surface area contributed by atoms with Crippen molar-refractivity contribution in [2.75, 3.05) is 12.3 Å². The second-order valence-corrected chi connectivity index (χ2v) is 6.69. The molecule has 0 fully saturated rings. The van der Waals surface area contributed by atoms with E-state index >= 15 is 0 Å². The highest BCUT2D eigenvalue weighted by molar-refractivity contribution is 8.16. The molecule has 136 valence electrons. The summed E-state index contributed by atoms with van der Waals surface area (Å²) in [7, 11) is 0. The highest BCUT2D eigenvalue weighted by atomic mass is 32.2. The van der Waals surface area contributed by atoms with Crippen LogP contribution >= 0.6 is 11.8 Å². The number of esters is 1. The minimum absolute atomic E-state index is 0.112. The number of nitrogens with two attached hydrogens (primary N) is 1. The minimum Gasteiger partial charge on any atom is -0.466 e. The van der Waals surface area contributed by atoms with E-state index < -0.39 is 5.97 Å². The Kier molecular flexibility index (Phi) is 8.13. The molecule has 0 radical (unpaired) electrons. The van der Waals surface area contributed by atoms with Crippen LogP contribution in [0.25, 0.3) is 0 Å². The summed E-state index contributed by atoms with van der Waals surface area (Å²) in [4.78, 5) is 40.3. The lowest BCUT2D eigenvalue weighted by atomic mass is 10.2. The molecule has 7 nitrogen and oxygen atoms in total. The van der Waals surface area contributed by atoms with Crippen LogP contribution in [0.3, 0.4) is 0 Å². The average Bonchev–Trinajstić information content (AvgIpc) is 2.52. The van der Waals surface area contributed by atoms with Gasteiger partial charge in [-0.1, -0.05) is 17.8 Å². The van der Waals surface area contributed by atoms with E-state index in [1.165, 1.54) is 18.7 Å². The first-order chi connectivity index (χ1) is 11.7. The highest BCUT2D eigenvalue weighted by Gasteiger charge is 2.15. The fourth-order valence-corrected chi connectivity index (χ4v) is 2.88. The van der Waals surface area contributed by atoms with Gasteiger partial charge in [-0.25, -0.2) is 4.98 Å². The number of anilines is 1. The fourth-order valence-electron chi connectivity index (χ4n) is 2.08. The summed E-state index contributed by atoms with van der Waals surface area (Å²) in [5.74, 6) is -0.0316. The molecule has 0 aliphatic heterocycles. The first kappa shape index (κ1) is 20.7. The Morgan fingerprint density at radius 1 is 1.32 bits per heavy atom. The van der Waals surface area contributed by atoms with Crippen LogP contribution in [0.15, 0.2) is 22.7 Å². The van der Waals surface area contributed by atoms with Crippen molar-refractivity contribution in [1.82, 2.24) is 9.88 Å². The van der Waals surface area contributed by atoms with E-state index in [1.807, 2.05) is 19.1 Å². The zero-order chi connectivity index (χ0) is 19.0. The number of carbonyl (C=O) groups is 3. The Morgan fingerprint density at radius 3 is 2.52 bits per heavy atom. The van der Waals surface area contributed by atoms with Crippen molar-refractivity contribution in [2.45, 2.75) is 40.7 Å². The van der Waals surface area contributed by atoms with Crippen LogP contribution in [0.5, 0.6) is 0 Å². The van der Waals surface area contributed by atoms with E-state index in [0.29, 0.717) is 34.8 Å². The van der Waals surface area contributed by atoms with Gasteiger partial charge in [-0.2, -0.15) is 0 Å². The van der Waals surface area contributed by atoms with Crippen LogP contribution in [0.4, 0.5) is 5.82 Å². The van der Waals surface area contributed by atoms with Gasteiger partial charge in [-0.3, -0.25) is 14.4 Å². The summed E-state index contributed by atoms with van der Waals surface area (Å²) in [6, 6.07) is 3.64. The molecule has 0 aromatic carbocycles. The number of pyridine rings is 1. The summed E-state index contributed by atoms with van der Waals surface area (Å²) in [5.41, 5.74) is 8.03. The number of carbonyl (C=O) groups excluding carboxylic acids is 3.